The van der Waals surface area contributed by atoms with Crippen molar-refractivity contribution in [2.75, 3.05) is 57.3 Å². The summed E-state index contributed by atoms with van der Waals surface area (Å²) in [4.78, 5) is 30.4. The van der Waals surface area contributed by atoms with Crippen molar-refractivity contribution in [1.29, 1.82) is 0 Å². The smallest absolute Gasteiger partial charge is 0.223 e. The van der Waals surface area contributed by atoms with Crippen molar-refractivity contribution >= 4 is 17.5 Å². The van der Waals surface area contributed by atoms with Crippen LogP contribution in [0.2, 0.25) is 0 Å². The molecule has 0 aliphatic carbocycles. The van der Waals surface area contributed by atoms with Crippen molar-refractivity contribution < 1.29 is 14.0 Å². The normalized spacial score (nSPS) is 14.5. The lowest BCUT2D eigenvalue weighted by atomic mass is 10.2. The number of hydrogen-bond donors (Lipinski definition) is 1. The highest BCUT2D eigenvalue weighted by molar-refractivity contribution is 5.83. The van der Waals surface area contributed by atoms with Crippen LogP contribution < -0.4 is 10.2 Å². The molecule has 0 saturated carbocycles. The van der Waals surface area contributed by atoms with Crippen LogP contribution in [0.1, 0.15) is 26.7 Å². The monoisotopic (exact) mass is 378 g/mol. The molecule has 1 aromatic rings. The van der Waals surface area contributed by atoms with Crippen LogP contribution in [0.4, 0.5) is 10.1 Å². The molecule has 1 fully saturated rings. The summed E-state index contributed by atoms with van der Waals surface area (Å²) in [5, 5.41) is 2.88. The van der Waals surface area contributed by atoms with Gasteiger partial charge in [-0.05, 0) is 37.4 Å². The lowest BCUT2D eigenvalue weighted by molar-refractivity contribution is -0.133. The van der Waals surface area contributed by atoms with E-state index in [1.54, 1.807) is 12.1 Å². The van der Waals surface area contributed by atoms with Gasteiger partial charge < -0.3 is 20.0 Å². The van der Waals surface area contributed by atoms with Gasteiger partial charge >= 0.3 is 0 Å². The molecule has 1 saturated heterocycles. The van der Waals surface area contributed by atoms with E-state index in [2.05, 4.69) is 29.0 Å². The topological polar surface area (TPSA) is 55.9 Å². The van der Waals surface area contributed by atoms with Gasteiger partial charge in [-0.2, -0.15) is 0 Å². The molecule has 1 aliphatic rings. The summed E-state index contributed by atoms with van der Waals surface area (Å²) in [5.74, 6) is -0.295. The van der Waals surface area contributed by atoms with Crippen LogP contribution >= 0.6 is 0 Å². The summed E-state index contributed by atoms with van der Waals surface area (Å²) in [6, 6.07) is 6.42. The van der Waals surface area contributed by atoms with Crippen molar-refractivity contribution in [1.82, 2.24) is 15.1 Å². The van der Waals surface area contributed by atoms with E-state index in [4.69, 9.17) is 0 Å². The SMILES string of the molecule is CCN(CC)CCNC(=O)CCC(=O)N1CCN(c2ccc(F)cc2)CC1. The predicted molar refractivity (Wildman–Crippen MR) is 105 cm³/mol. The molecule has 1 heterocycles. The molecule has 150 valence electrons. The van der Waals surface area contributed by atoms with Crippen molar-refractivity contribution in [3.8, 4) is 0 Å². The number of piperazine rings is 1. The Bertz CT molecular complexity index is 597. The Morgan fingerprint density at radius 1 is 1.04 bits per heavy atom. The number of carbonyl (C=O) groups is 2. The standard InChI is InChI=1S/C20H31FN4O2/c1-3-23(4-2)12-11-22-19(26)9-10-20(27)25-15-13-24(14-16-25)18-7-5-17(21)6-8-18/h5-8H,3-4,9-16H2,1-2H3,(H,22,26). The van der Waals surface area contributed by atoms with Gasteiger partial charge in [0.15, 0.2) is 0 Å². The predicted octanol–water partition coefficient (Wildman–Crippen LogP) is 1.71. The minimum absolute atomic E-state index is 0.0210. The molecule has 0 bridgehead atoms. The Balaban J connectivity index is 1.65. The third kappa shape index (κ3) is 6.82. The Labute approximate surface area is 161 Å². The van der Waals surface area contributed by atoms with E-state index in [9.17, 15) is 14.0 Å². The molecule has 0 atom stereocenters. The molecule has 27 heavy (non-hydrogen) atoms. The number of halogens is 1. The Morgan fingerprint density at radius 3 is 2.26 bits per heavy atom. The quantitative estimate of drug-likeness (QED) is 0.711. The fourth-order valence-corrected chi connectivity index (χ4v) is 3.23. The van der Waals surface area contributed by atoms with E-state index in [1.807, 2.05) is 4.90 Å². The van der Waals surface area contributed by atoms with Crippen LogP contribution in [0.5, 0.6) is 0 Å². The van der Waals surface area contributed by atoms with Crippen LogP contribution in [-0.4, -0.2) is 74.0 Å². The van der Waals surface area contributed by atoms with Crippen LogP contribution in [0.25, 0.3) is 0 Å². The first-order chi connectivity index (χ1) is 13.0. The molecule has 1 N–H and O–H groups in total. The number of likely N-dealkylation sites (N-methyl/N-ethyl adjacent to an activating group) is 1. The molecule has 1 aromatic carbocycles. The van der Waals surface area contributed by atoms with Crippen molar-refractivity contribution in [2.24, 2.45) is 0 Å². The fourth-order valence-electron chi connectivity index (χ4n) is 3.23. The zero-order valence-corrected chi connectivity index (χ0v) is 16.4. The van der Waals surface area contributed by atoms with Gasteiger partial charge in [0.1, 0.15) is 5.82 Å². The van der Waals surface area contributed by atoms with Gasteiger partial charge in [0, 0.05) is 57.8 Å². The average molecular weight is 378 g/mol. The second kappa shape index (κ2) is 10.9. The Kier molecular flexibility index (Phi) is 8.51. The lowest BCUT2D eigenvalue weighted by Gasteiger charge is -2.36. The van der Waals surface area contributed by atoms with E-state index >= 15 is 0 Å². The second-order valence-electron chi connectivity index (χ2n) is 6.72. The first kappa shape index (κ1) is 21.2. The molecule has 0 unspecified atom stereocenters. The van der Waals surface area contributed by atoms with Gasteiger partial charge in [-0.15, -0.1) is 0 Å². The molecular formula is C20H31FN4O2. The van der Waals surface area contributed by atoms with Gasteiger partial charge in [-0.3, -0.25) is 9.59 Å². The zero-order valence-electron chi connectivity index (χ0n) is 16.4. The third-order valence-electron chi connectivity index (χ3n) is 5.03. The molecule has 6 nitrogen and oxygen atoms in total. The van der Waals surface area contributed by atoms with Gasteiger partial charge in [0.2, 0.25) is 11.8 Å². The number of anilines is 1. The number of hydrogen-bond acceptors (Lipinski definition) is 4. The van der Waals surface area contributed by atoms with E-state index in [0.717, 1.165) is 25.3 Å². The molecular weight excluding hydrogens is 347 g/mol. The Morgan fingerprint density at radius 2 is 1.67 bits per heavy atom. The molecule has 2 rings (SSSR count). The van der Waals surface area contributed by atoms with Gasteiger partial charge in [-0.25, -0.2) is 4.39 Å². The summed E-state index contributed by atoms with van der Waals surface area (Å²) in [6.45, 7) is 10.3. The number of rotatable bonds is 9. The van der Waals surface area contributed by atoms with Crippen LogP contribution in [0.15, 0.2) is 24.3 Å². The minimum atomic E-state index is -0.247. The van der Waals surface area contributed by atoms with Gasteiger partial charge in [-0.1, -0.05) is 13.8 Å². The summed E-state index contributed by atoms with van der Waals surface area (Å²) in [7, 11) is 0. The van der Waals surface area contributed by atoms with E-state index < -0.39 is 0 Å². The minimum Gasteiger partial charge on any atom is -0.368 e. The summed E-state index contributed by atoms with van der Waals surface area (Å²) in [5.41, 5.74) is 0.969. The van der Waals surface area contributed by atoms with Crippen LogP contribution in [0.3, 0.4) is 0 Å². The van der Waals surface area contributed by atoms with Crippen LogP contribution in [0, 0.1) is 5.82 Å². The Hall–Kier alpha value is -2.15. The van der Waals surface area contributed by atoms with E-state index in [1.165, 1.54) is 12.1 Å². The average Bonchev–Trinajstić information content (AvgIpc) is 2.70. The van der Waals surface area contributed by atoms with Gasteiger partial charge in [0.05, 0.1) is 0 Å². The van der Waals surface area contributed by atoms with Crippen molar-refractivity contribution in [2.45, 2.75) is 26.7 Å². The maximum absolute atomic E-state index is 13.0. The first-order valence-corrected chi connectivity index (χ1v) is 9.80. The number of carbonyl (C=O) groups excluding carboxylic acids is 2. The zero-order chi connectivity index (χ0) is 19.6. The van der Waals surface area contributed by atoms with Crippen LogP contribution in [-0.2, 0) is 9.59 Å². The maximum Gasteiger partial charge on any atom is 0.223 e. The second-order valence-corrected chi connectivity index (χ2v) is 6.72. The number of nitrogens with one attached hydrogen (secondary N) is 1. The summed E-state index contributed by atoms with van der Waals surface area (Å²) < 4.78 is 13.0. The largest absolute Gasteiger partial charge is 0.368 e. The van der Waals surface area contributed by atoms with E-state index in [0.29, 0.717) is 32.7 Å². The number of nitrogens with zero attached hydrogens (tertiary/aromatic N) is 3. The van der Waals surface area contributed by atoms with Gasteiger partial charge in [0.25, 0.3) is 0 Å². The highest BCUT2D eigenvalue weighted by Crippen LogP contribution is 2.17. The highest BCUT2D eigenvalue weighted by atomic mass is 19.1. The number of benzene rings is 1. The molecule has 2 amide bonds. The first-order valence-electron chi connectivity index (χ1n) is 9.80. The maximum atomic E-state index is 13.0. The van der Waals surface area contributed by atoms with Crippen molar-refractivity contribution in [3.63, 3.8) is 0 Å². The summed E-state index contributed by atoms with van der Waals surface area (Å²) >= 11 is 0. The van der Waals surface area contributed by atoms with E-state index in [-0.39, 0.29) is 30.5 Å². The fraction of sp³-hybridized carbons (Fsp3) is 0.600. The molecule has 0 aromatic heterocycles. The molecule has 0 radical (unpaired) electrons. The number of amides is 2. The molecule has 1 aliphatic heterocycles. The summed E-state index contributed by atoms with van der Waals surface area (Å²) in [6.07, 6.45) is 0.475. The molecule has 7 heteroatoms. The van der Waals surface area contributed by atoms with Crippen molar-refractivity contribution in [3.05, 3.63) is 30.1 Å². The third-order valence-corrected chi connectivity index (χ3v) is 5.03. The lowest BCUT2D eigenvalue weighted by Crippen LogP contribution is -2.49. The highest BCUT2D eigenvalue weighted by Gasteiger charge is 2.21. The molecule has 0 spiro atoms.